The standard InChI is InChI=1S/C13H19N3O4S/c1-13(2,3)20-12(19)16-6-4-15(5-7-16)9-8-14-10(21-9)11(17)18/h8H,4-7H2,1-3H3,(H,17,18). The fourth-order valence-corrected chi connectivity index (χ4v) is 2.75. The van der Waals surface area contributed by atoms with Gasteiger partial charge in [0.25, 0.3) is 0 Å². The molecule has 8 heteroatoms. The van der Waals surface area contributed by atoms with E-state index in [0.29, 0.717) is 26.2 Å². The summed E-state index contributed by atoms with van der Waals surface area (Å²) in [7, 11) is 0. The number of amides is 1. The minimum atomic E-state index is -1.02. The first-order valence-electron chi connectivity index (χ1n) is 6.68. The number of rotatable bonds is 2. The third-order valence-corrected chi connectivity index (χ3v) is 3.97. The van der Waals surface area contributed by atoms with E-state index < -0.39 is 11.6 Å². The predicted molar refractivity (Wildman–Crippen MR) is 79.1 cm³/mol. The molecule has 0 aromatic carbocycles. The number of thiazole rings is 1. The van der Waals surface area contributed by atoms with Gasteiger partial charge in [-0.05, 0) is 20.8 Å². The average molecular weight is 313 g/mol. The third-order valence-electron chi connectivity index (χ3n) is 2.92. The van der Waals surface area contributed by atoms with E-state index >= 15 is 0 Å². The highest BCUT2D eigenvalue weighted by atomic mass is 32.1. The zero-order chi connectivity index (χ0) is 15.6. The van der Waals surface area contributed by atoms with Crippen LogP contribution in [0, 0.1) is 0 Å². The molecule has 116 valence electrons. The molecular weight excluding hydrogens is 294 g/mol. The number of aromatic carboxylic acids is 1. The van der Waals surface area contributed by atoms with Gasteiger partial charge in [0.05, 0.1) is 6.20 Å². The Balaban J connectivity index is 1.90. The molecule has 21 heavy (non-hydrogen) atoms. The van der Waals surface area contributed by atoms with Gasteiger partial charge in [0.15, 0.2) is 0 Å². The lowest BCUT2D eigenvalue weighted by Gasteiger charge is -2.35. The lowest BCUT2D eigenvalue weighted by molar-refractivity contribution is 0.0240. The van der Waals surface area contributed by atoms with Crippen LogP contribution in [0.3, 0.4) is 0 Å². The third kappa shape index (κ3) is 4.07. The van der Waals surface area contributed by atoms with Crippen molar-refractivity contribution in [2.24, 2.45) is 0 Å². The minimum Gasteiger partial charge on any atom is -0.476 e. The summed E-state index contributed by atoms with van der Waals surface area (Å²) in [5, 5.41) is 9.78. The Morgan fingerprint density at radius 1 is 1.29 bits per heavy atom. The summed E-state index contributed by atoms with van der Waals surface area (Å²) < 4.78 is 5.33. The molecule has 1 fully saturated rings. The highest BCUT2D eigenvalue weighted by molar-refractivity contribution is 7.17. The first-order valence-corrected chi connectivity index (χ1v) is 7.50. The van der Waals surface area contributed by atoms with Gasteiger partial charge in [0.2, 0.25) is 5.01 Å². The van der Waals surface area contributed by atoms with E-state index in [1.54, 1.807) is 11.1 Å². The highest BCUT2D eigenvalue weighted by Gasteiger charge is 2.26. The molecule has 0 unspecified atom stereocenters. The summed E-state index contributed by atoms with van der Waals surface area (Å²) in [4.78, 5) is 30.3. The molecule has 2 rings (SSSR count). The number of hydrogen-bond donors (Lipinski definition) is 1. The van der Waals surface area contributed by atoms with Crippen molar-refractivity contribution in [3.8, 4) is 0 Å². The first kappa shape index (κ1) is 15.6. The van der Waals surface area contributed by atoms with Crippen LogP contribution in [0.4, 0.5) is 9.80 Å². The Bertz CT molecular complexity index is 530. The average Bonchev–Trinajstić information content (AvgIpc) is 2.86. The molecule has 1 amide bonds. The van der Waals surface area contributed by atoms with Crippen molar-refractivity contribution in [2.45, 2.75) is 26.4 Å². The topological polar surface area (TPSA) is 83.0 Å². The van der Waals surface area contributed by atoms with Crippen LogP contribution in [-0.4, -0.2) is 58.8 Å². The van der Waals surface area contributed by atoms with Crippen LogP contribution in [0.2, 0.25) is 0 Å². The number of carbonyl (C=O) groups excluding carboxylic acids is 1. The highest BCUT2D eigenvalue weighted by Crippen LogP contribution is 2.25. The molecule has 0 saturated carbocycles. The summed E-state index contributed by atoms with van der Waals surface area (Å²) in [5.41, 5.74) is -0.498. The van der Waals surface area contributed by atoms with Gasteiger partial charge in [-0.25, -0.2) is 14.6 Å². The zero-order valence-corrected chi connectivity index (χ0v) is 13.1. The number of aromatic nitrogens is 1. The van der Waals surface area contributed by atoms with E-state index in [1.807, 2.05) is 25.7 Å². The van der Waals surface area contributed by atoms with Crippen LogP contribution < -0.4 is 4.90 Å². The number of anilines is 1. The fourth-order valence-electron chi connectivity index (χ4n) is 1.95. The number of nitrogens with zero attached hydrogens (tertiary/aromatic N) is 3. The molecule has 1 N–H and O–H groups in total. The van der Waals surface area contributed by atoms with Crippen LogP contribution in [0.5, 0.6) is 0 Å². The van der Waals surface area contributed by atoms with Gasteiger partial charge >= 0.3 is 12.1 Å². The molecule has 7 nitrogen and oxygen atoms in total. The second-order valence-corrected chi connectivity index (χ2v) is 6.77. The summed E-state index contributed by atoms with van der Waals surface area (Å²) in [6.07, 6.45) is 1.26. The van der Waals surface area contributed by atoms with Crippen molar-refractivity contribution in [3.05, 3.63) is 11.2 Å². The van der Waals surface area contributed by atoms with Crippen molar-refractivity contribution in [2.75, 3.05) is 31.1 Å². The molecule has 1 aromatic heterocycles. The Morgan fingerprint density at radius 3 is 2.38 bits per heavy atom. The molecule has 1 aliphatic heterocycles. The smallest absolute Gasteiger partial charge is 0.410 e. The van der Waals surface area contributed by atoms with Crippen LogP contribution >= 0.6 is 11.3 Å². The van der Waals surface area contributed by atoms with Crippen molar-refractivity contribution in [3.63, 3.8) is 0 Å². The molecule has 2 heterocycles. The maximum atomic E-state index is 11.9. The quantitative estimate of drug-likeness (QED) is 0.898. The molecule has 1 saturated heterocycles. The molecule has 0 bridgehead atoms. The van der Waals surface area contributed by atoms with Crippen molar-refractivity contribution in [1.82, 2.24) is 9.88 Å². The minimum absolute atomic E-state index is 0.0829. The number of carbonyl (C=O) groups is 2. The molecular formula is C13H19N3O4S. The predicted octanol–water partition coefficient (Wildman–Crippen LogP) is 1.90. The van der Waals surface area contributed by atoms with E-state index in [9.17, 15) is 9.59 Å². The van der Waals surface area contributed by atoms with Gasteiger partial charge in [-0.1, -0.05) is 11.3 Å². The SMILES string of the molecule is CC(C)(C)OC(=O)N1CCN(c2cnc(C(=O)O)s2)CC1. The van der Waals surface area contributed by atoms with E-state index in [-0.39, 0.29) is 11.1 Å². The van der Waals surface area contributed by atoms with Crippen LogP contribution in [-0.2, 0) is 4.74 Å². The van der Waals surface area contributed by atoms with Crippen molar-refractivity contribution >= 4 is 28.4 Å². The van der Waals surface area contributed by atoms with E-state index in [0.717, 1.165) is 16.3 Å². The number of carboxylic acid groups (broad SMARTS) is 1. The lowest BCUT2D eigenvalue weighted by Crippen LogP contribution is -2.49. The van der Waals surface area contributed by atoms with E-state index in [2.05, 4.69) is 4.98 Å². The Hall–Kier alpha value is -1.83. The monoisotopic (exact) mass is 313 g/mol. The van der Waals surface area contributed by atoms with Gasteiger partial charge in [-0.15, -0.1) is 0 Å². The maximum Gasteiger partial charge on any atom is 0.410 e. The Labute approximate surface area is 127 Å². The van der Waals surface area contributed by atoms with Gasteiger partial charge in [-0.3, -0.25) is 0 Å². The molecule has 0 radical (unpaired) electrons. The number of hydrogen-bond acceptors (Lipinski definition) is 6. The van der Waals surface area contributed by atoms with Crippen LogP contribution in [0.25, 0.3) is 0 Å². The fraction of sp³-hybridized carbons (Fsp3) is 0.615. The summed E-state index contributed by atoms with van der Waals surface area (Å²) in [6.45, 7) is 7.90. The first-order chi connectivity index (χ1) is 9.76. The molecule has 1 aliphatic rings. The summed E-state index contributed by atoms with van der Waals surface area (Å²) in [6, 6.07) is 0. The number of ether oxygens (including phenoxy) is 1. The molecule has 0 atom stereocenters. The van der Waals surface area contributed by atoms with Crippen LogP contribution in [0.15, 0.2) is 6.20 Å². The van der Waals surface area contributed by atoms with Gasteiger partial charge < -0.3 is 19.6 Å². The molecule has 0 aliphatic carbocycles. The number of carboxylic acids is 1. The Morgan fingerprint density at radius 2 is 1.90 bits per heavy atom. The Kier molecular flexibility index (Phi) is 4.36. The maximum absolute atomic E-state index is 11.9. The van der Waals surface area contributed by atoms with E-state index in [1.165, 1.54) is 0 Å². The largest absolute Gasteiger partial charge is 0.476 e. The van der Waals surface area contributed by atoms with Gasteiger partial charge in [-0.2, -0.15) is 0 Å². The number of piperazine rings is 1. The second-order valence-electron chi connectivity index (χ2n) is 5.76. The summed E-state index contributed by atoms with van der Waals surface area (Å²) >= 11 is 1.15. The van der Waals surface area contributed by atoms with Crippen LogP contribution in [0.1, 0.15) is 30.6 Å². The van der Waals surface area contributed by atoms with Crippen molar-refractivity contribution in [1.29, 1.82) is 0 Å². The summed E-state index contributed by atoms with van der Waals surface area (Å²) in [5.74, 6) is -1.02. The normalized spacial score (nSPS) is 16.0. The van der Waals surface area contributed by atoms with Gasteiger partial charge in [0, 0.05) is 26.2 Å². The van der Waals surface area contributed by atoms with E-state index in [4.69, 9.17) is 9.84 Å². The second kappa shape index (κ2) is 5.88. The van der Waals surface area contributed by atoms with Gasteiger partial charge in [0.1, 0.15) is 10.6 Å². The molecule has 1 aromatic rings. The van der Waals surface area contributed by atoms with Crippen molar-refractivity contribution < 1.29 is 19.4 Å². The zero-order valence-electron chi connectivity index (χ0n) is 12.3. The molecule has 0 spiro atoms. The lowest BCUT2D eigenvalue weighted by atomic mass is 10.2.